The Balaban J connectivity index is 1.83. The number of anilines is 1. The van der Waals surface area contributed by atoms with E-state index < -0.39 is 0 Å². The summed E-state index contributed by atoms with van der Waals surface area (Å²) in [5.74, 6) is 0. The average Bonchev–Trinajstić information content (AvgIpc) is 3.09. The molecule has 1 fully saturated rings. The Morgan fingerprint density at radius 2 is 1.64 bits per heavy atom. The molecule has 0 amide bonds. The van der Waals surface area contributed by atoms with Crippen LogP contribution >= 0.6 is 15.9 Å². The van der Waals surface area contributed by atoms with E-state index in [1.807, 2.05) is 30.3 Å². The largest absolute Gasteiger partial charge is 0.372 e. The Morgan fingerprint density at radius 3 is 2.23 bits per heavy atom. The van der Waals surface area contributed by atoms with Gasteiger partial charge in [0.1, 0.15) is 0 Å². The number of halogens is 1. The molecule has 0 aliphatic carbocycles. The van der Waals surface area contributed by atoms with Gasteiger partial charge < -0.3 is 4.90 Å². The number of nitrogens with zero attached hydrogens (tertiary/aromatic N) is 2. The highest BCUT2D eigenvalue weighted by Crippen LogP contribution is 2.23. The van der Waals surface area contributed by atoms with E-state index in [0.717, 1.165) is 28.7 Å². The second kappa shape index (κ2) is 6.81. The van der Waals surface area contributed by atoms with Crippen LogP contribution < -0.4 is 4.90 Å². The summed E-state index contributed by atoms with van der Waals surface area (Å²) in [7, 11) is 0. The summed E-state index contributed by atoms with van der Waals surface area (Å²) in [6.45, 7) is 2.30. The van der Waals surface area contributed by atoms with Gasteiger partial charge in [0.05, 0.1) is 11.6 Å². The normalized spacial score (nSPS) is 14.9. The van der Waals surface area contributed by atoms with Gasteiger partial charge in [-0.05, 0) is 54.3 Å². The van der Waals surface area contributed by atoms with E-state index in [0.29, 0.717) is 5.57 Å². The van der Waals surface area contributed by atoms with Crippen molar-refractivity contribution in [2.45, 2.75) is 12.8 Å². The fourth-order valence-corrected chi connectivity index (χ4v) is 3.00. The molecule has 2 nitrogen and oxygen atoms in total. The highest BCUT2D eigenvalue weighted by molar-refractivity contribution is 9.10. The molecular formula is C19H17BrN2. The lowest BCUT2D eigenvalue weighted by Crippen LogP contribution is -2.17. The zero-order valence-electron chi connectivity index (χ0n) is 12.3. The number of hydrogen-bond donors (Lipinski definition) is 0. The fraction of sp³-hybridized carbons (Fsp3) is 0.211. The Labute approximate surface area is 139 Å². The Bertz CT molecular complexity index is 703. The van der Waals surface area contributed by atoms with Crippen LogP contribution in [0.25, 0.3) is 11.6 Å². The summed E-state index contributed by atoms with van der Waals surface area (Å²) in [5, 5.41) is 9.40. The molecule has 0 spiro atoms. The molecule has 1 aliphatic rings. The minimum atomic E-state index is 0.682. The highest BCUT2D eigenvalue weighted by atomic mass is 79.9. The first kappa shape index (κ1) is 14.9. The van der Waals surface area contributed by atoms with Gasteiger partial charge in [0.25, 0.3) is 0 Å². The first-order valence-corrected chi connectivity index (χ1v) is 8.28. The van der Waals surface area contributed by atoms with Gasteiger partial charge in [-0.3, -0.25) is 0 Å². The van der Waals surface area contributed by atoms with Crippen LogP contribution in [0.2, 0.25) is 0 Å². The molecule has 1 saturated heterocycles. The molecule has 2 aromatic carbocycles. The Hall–Kier alpha value is -2.05. The third-order valence-electron chi connectivity index (χ3n) is 3.95. The standard InChI is InChI=1S/C19H17BrN2/c20-18-7-5-16(6-8-18)17(14-21)13-15-3-9-19(10-4-15)22-11-1-2-12-22/h3-10,13H,1-2,11-12H2/b17-13-. The van der Waals surface area contributed by atoms with Crippen LogP contribution in [0, 0.1) is 11.3 Å². The minimum absolute atomic E-state index is 0.682. The number of benzene rings is 2. The molecule has 0 radical (unpaired) electrons. The molecule has 0 saturated carbocycles. The second-order valence-electron chi connectivity index (χ2n) is 5.46. The maximum Gasteiger partial charge on any atom is 0.0998 e. The van der Waals surface area contributed by atoms with Crippen LogP contribution in [0.5, 0.6) is 0 Å². The fourth-order valence-electron chi connectivity index (χ4n) is 2.73. The molecule has 0 unspecified atom stereocenters. The van der Waals surface area contributed by atoms with E-state index in [9.17, 15) is 5.26 Å². The van der Waals surface area contributed by atoms with Gasteiger partial charge in [-0.25, -0.2) is 0 Å². The lowest BCUT2D eigenvalue weighted by molar-refractivity contribution is 0.949. The number of hydrogen-bond acceptors (Lipinski definition) is 2. The summed E-state index contributed by atoms with van der Waals surface area (Å²) in [4.78, 5) is 2.41. The molecule has 0 N–H and O–H groups in total. The van der Waals surface area contributed by atoms with Gasteiger partial charge >= 0.3 is 0 Å². The Morgan fingerprint density at radius 1 is 1.00 bits per heavy atom. The number of allylic oxidation sites excluding steroid dienone is 1. The molecule has 3 rings (SSSR count). The maximum atomic E-state index is 9.40. The SMILES string of the molecule is N#C/C(=C/c1ccc(N2CCCC2)cc1)c1ccc(Br)cc1. The van der Waals surface area contributed by atoms with E-state index in [2.05, 4.69) is 51.2 Å². The summed E-state index contributed by atoms with van der Waals surface area (Å²) in [6, 6.07) is 18.6. The monoisotopic (exact) mass is 352 g/mol. The van der Waals surface area contributed by atoms with Gasteiger partial charge in [0.15, 0.2) is 0 Å². The topological polar surface area (TPSA) is 27.0 Å². The van der Waals surface area contributed by atoms with Crippen molar-refractivity contribution in [3.8, 4) is 6.07 Å². The molecule has 0 atom stereocenters. The van der Waals surface area contributed by atoms with Crippen molar-refractivity contribution in [3.63, 3.8) is 0 Å². The molecule has 1 aliphatic heterocycles. The van der Waals surface area contributed by atoms with Crippen molar-refractivity contribution in [1.29, 1.82) is 5.26 Å². The molecule has 2 aromatic rings. The smallest absolute Gasteiger partial charge is 0.0998 e. The van der Waals surface area contributed by atoms with Gasteiger partial charge in [-0.2, -0.15) is 5.26 Å². The van der Waals surface area contributed by atoms with Crippen molar-refractivity contribution in [2.75, 3.05) is 18.0 Å². The molecule has 1 heterocycles. The van der Waals surface area contributed by atoms with E-state index in [1.165, 1.54) is 18.5 Å². The first-order valence-electron chi connectivity index (χ1n) is 7.49. The van der Waals surface area contributed by atoms with Crippen molar-refractivity contribution in [2.24, 2.45) is 0 Å². The van der Waals surface area contributed by atoms with Crippen LogP contribution in [0.15, 0.2) is 53.0 Å². The summed E-state index contributed by atoms with van der Waals surface area (Å²) in [6.07, 6.45) is 4.50. The van der Waals surface area contributed by atoms with Crippen LogP contribution in [-0.2, 0) is 0 Å². The van der Waals surface area contributed by atoms with Crippen molar-refractivity contribution in [3.05, 3.63) is 64.1 Å². The average molecular weight is 353 g/mol. The van der Waals surface area contributed by atoms with Gasteiger partial charge in [-0.1, -0.05) is 40.2 Å². The van der Waals surface area contributed by atoms with Crippen molar-refractivity contribution < 1.29 is 0 Å². The number of rotatable bonds is 3. The zero-order valence-corrected chi connectivity index (χ0v) is 13.9. The zero-order chi connectivity index (χ0) is 15.4. The van der Waals surface area contributed by atoms with Crippen LogP contribution in [-0.4, -0.2) is 13.1 Å². The Kier molecular flexibility index (Phi) is 4.60. The number of nitriles is 1. The van der Waals surface area contributed by atoms with Gasteiger partial charge in [0, 0.05) is 23.2 Å². The lowest BCUT2D eigenvalue weighted by Gasteiger charge is -2.17. The molecular weight excluding hydrogens is 336 g/mol. The molecule has 0 aromatic heterocycles. The third kappa shape index (κ3) is 3.40. The van der Waals surface area contributed by atoms with E-state index in [-0.39, 0.29) is 0 Å². The molecule has 3 heteroatoms. The third-order valence-corrected chi connectivity index (χ3v) is 4.48. The molecule has 22 heavy (non-hydrogen) atoms. The first-order chi connectivity index (χ1) is 10.8. The summed E-state index contributed by atoms with van der Waals surface area (Å²) < 4.78 is 1.02. The van der Waals surface area contributed by atoms with Crippen molar-refractivity contribution in [1.82, 2.24) is 0 Å². The van der Waals surface area contributed by atoms with E-state index >= 15 is 0 Å². The molecule has 0 bridgehead atoms. The quantitative estimate of drug-likeness (QED) is 0.566. The highest BCUT2D eigenvalue weighted by Gasteiger charge is 2.11. The predicted octanol–water partition coefficient (Wildman–Crippen LogP) is 5.11. The lowest BCUT2D eigenvalue weighted by atomic mass is 10.0. The predicted molar refractivity (Wildman–Crippen MR) is 95.5 cm³/mol. The summed E-state index contributed by atoms with van der Waals surface area (Å²) >= 11 is 3.42. The van der Waals surface area contributed by atoms with Crippen LogP contribution in [0.1, 0.15) is 24.0 Å². The minimum Gasteiger partial charge on any atom is -0.372 e. The second-order valence-corrected chi connectivity index (χ2v) is 6.38. The van der Waals surface area contributed by atoms with E-state index in [4.69, 9.17) is 0 Å². The summed E-state index contributed by atoms with van der Waals surface area (Å²) in [5.41, 5.74) is 3.95. The van der Waals surface area contributed by atoms with Crippen LogP contribution in [0.4, 0.5) is 5.69 Å². The van der Waals surface area contributed by atoms with E-state index in [1.54, 1.807) is 0 Å². The molecule has 110 valence electrons. The van der Waals surface area contributed by atoms with Gasteiger partial charge in [-0.15, -0.1) is 0 Å². The van der Waals surface area contributed by atoms with Gasteiger partial charge in [0.2, 0.25) is 0 Å². The van der Waals surface area contributed by atoms with Crippen molar-refractivity contribution >= 4 is 33.3 Å². The van der Waals surface area contributed by atoms with Crippen LogP contribution in [0.3, 0.4) is 0 Å². The maximum absolute atomic E-state index is 9.40.